The van der Waals surface area contributed by atoms with Crippen LogP contribution in [0.1, 0.15) is 34.2 Å². The predicted molar refractivity (Wildman–Crippen MR) is 97.3 cm³/mol. The number of carbonyl (C=O) groups excluding carboxylic acids is 1. The van der Waals surface area contributed by atoms with E-state index in [-0.39, 0.29) is 11.9 Å². The Morgan fingerprint density at radius 3 is 2.76 bits per heavy atom. The van der Waals surface area contributed by atoms with Crippen molar-refractivity contribution in [2.24, 2.45) is 5.73 Å². The lowest BCUT2D eigenvalue weighted by Crippen LogP contribution is -2.51. The highest BCUT2D eigenvalue weighted by atomic mass is 35.5. The van der Waals surface area contributed by atoms with E-state index in [2.05, 4.69) is 5.10 Å². The second-order valence-electron chi connectivity index (χ2n) is 6.37. The van der Waals surface area contributed by atoms with Gasteiger partial charge in [-0.2, -0.15) is 5.10 Å². The SMILES string of the molecule is Cc1cc(C)n(C2CN(C(=O)c3ccc(Cl)cc3OCCCN)C2)n1. The van der Waals surface area contributed by atoms with Gasteiger partial charge >= 0.3 is 0 Å². The number of hydrogen-bond acceptors (Lipinski definition) is 4. The van der Waals surface area contributed by atoms with Crippen LogP contribution >= 0.6 is 11.6 Å². The predicted octanol–water partition coefficient (Wildman–Crippen LogP) is 2.58. The number of halogens is 1. The standard InChI is InChI=1S/C18H23ClN4O2/c1-12-8-13(2)23(21-12)15-10-22(11-15)18(24)16-5-4-14(19)9-17(16)25-7-3-6-20/h4-5,8-9,15H,3,6-7,10-11,20H2,1-2H3. The van der Waals surface area contributed by atoms with Crippen molar-refractivity contribution in [3.63, 3.8) is 0 Å². The molecule has 0 radical (unpaired) electrons. The molecule has 1 fully saturated rings. The molecule has 0 atom stereocenters. The fraction of sp³-hybridized carbons (Fsp3) is 0.444. The minimum absolute atomic E-state index is 0.0443. The van der Waals surface area contributed by atoms with Crippen LogP contribution in [0.3, 0.4) is 0 Å². The zero-order chi connectivity index (χ0) is 18.0. The molecule has 1 saturated heterocycles. The Morgan fingerprint density at radius 2 is 2.12 bits per heavy atom. The highest BCUT2D eigenvalue weighted by Gasteiger charge is 2.34. The molecule has 3 rings (SSSR count). The van der Waals surface area contributed by atoms with Crippen LogP contribution in [0.15, 0.2) is 24.3 Å². The van der Waals surface area contributed by atoms with Crippen molar-refractivity contribution in [1.82, 2.24) is 14.7 Å². The van der Waals surface area contributed by atoms with Crippen molar-refractivity contribution in [3.05, 3.63) is 46.2 Å². The highest BCUT2D eigenvalue weighted by molar-refractivity contribution is 6.30. The summed E-state index contributed by atoms with van der Waals surface area (Å²) in [5.74, 6) is 0.470. The van der Waals surface area contributed by atoms with Gasteiger partial charge in [0.2, 0.25) is 0 Å². The number of aromatic nitrogens is 2. The summed E-state index contributed by atoms with van der Waals surface area (Å²) in [6.45, 7) is 6.31. The lowest BCUT2D eigenvalue weighted by atomic mass is 10.1. The second-order valence-corrected chi connectivity index (χ2v) is 6.80. The number of likely N-dealkylation sites (tertiary alicyclic amines) is 1. The van der Waals surface area contributed by atoms with Gasteiger partial charge in [0.05, 0.1) is 23.9 Å². The van der Waals surface area contributed by atoms with Crippen molar-refractivity contribution in [2.75, 3.05) is 26.2 Å². The van der Waals surface area contributed by atoms with Crippen LogP contribution in [-0.2, 0) is 0 Å². The molecule has 2 N–H and O–H groups in total. The monoisotopic (exact) mass is 362 g/mol. The third-order valence-electron chi connectivity index (χ3n) is 4.32. The number of aryl methyl sites for hydroxylation is 2. The smallest absolute Gasteiger partial charge is 0.257 e. The molecule has 0 bridgehead atoms. The minimum atomic E-state index is -0.0443. The summed E-state index contributed by atoms with van der Waals surface area (Å²) in [5.41, 5.74) is 8.14. The van der Waals surface area contributed by atoms with E-state index in [1.807, 2.05) is 24.6 Å². The molecule has 134 valence electrons. The van der Waals surface area contributed by atoms with Gasteiger partial charge in [0.15, 0.2) is 0 Å². The van der Waals surface area contributed by atoms with Gasteiger partial charge in [0.25, 0.3) is 5.91 Å². The van der Waals surface area contributed by atoms with Crippen molar-refractivity contribution < 1.29 is 9.53 Å². The Labute approximate surface area is 152 Å². The van der Waals surface area contributed by atoms with E-state index < -0.39 is 0 Å². The van der Waals surface area contributed by atoms with Gasteiger partial charge < -0.3 is 15.4 Å². The summed E-state index contributed by atoms with van der Waals surface area (Å²) >= 11 is 6.04. The molecule has 0 unspecified atom stereocenters. The first kappa shape index (κ1) is 17.8. The number of rotatable bonds is 6. The van der Waals surface area contributed by atoms with E-state index in [9.17, 15) is 4.79 Å². The molecule has 2 aromatic rings. The number of amides is 1. The van der Waals surface area contributed by atoms with Crippen LogP contribution in [0.5, 0.6) is 5.75 Å². The molecule has 25 heavy (non-hydrogen) atoms. The number of benzene rings is 1. The molecule has 6 nitrogen and oxygen atoms in total. The van der Waals surface area contributed by atoms with Crippen LogP contribution in [0.4, 0.5) is 0 Å². The summed E-state index contributed by atoms with van der Waals surface area (Å²) < 4.78 is 7.70. The molecular formula is C18H23ClN4O2. The van der Waals surface area contributed by atoms with Crippen molar-refractivity contribution in [2.45, 2.75) is 26.3 Å². The average molecular weight is 363 g/mol. The van der Waals surface area contributed by atoms with Crippen LogP contribution < -0.4 is 10.5 Å². The molecule has 1 amide bonds. The summed E-state index contributed by atoms with van der Waals surface area (Å²) in [6.07, 6.45) is 0.726. The van der Waals surface area contributed by atoms with E-state index >= 15 is 0 Å². The fourth-order valence-electron chi connectivity index (χ4n) is 3.02. The third kappa shape index (κ3) is 3.80. The Bertz CT molecular complexity index is 768. The van der Waals surface area contributed by atoms with Gasteiger partial charge in [-0.3, -0.25) is 9.48 Å². The number of ether oxygens (including phenoxy) is 1. The van der Waals surface area contributed by atoms with Gasteiger partial charge in [-0.25, -0.2) is 0 Å². The maximum absolute atomic E-state index is 12.8. The number of hydrogen-bond donors (Lipinski definition) is 1. The first-order valence-corrected chi connectivity index (χ1v) is 8.82. The molecule has 1 aromatic carbocycles. The Morgan fingerprint density at radius 1 is 1.36 bits per heavy atom. The molecule has 1 aliphatic rings. The molecule has 1 aromatic heterocycles. The third-order valence-corrected chi connectivity index (χ3v) is 4.56. The topological polar surface area (TPSA) is 73.4 Å². The van der Waals surface area contributed by atoms with Crippen molar-refractivity contribution in [3.8, 4) is 5.75 Å². The maximum atomic E-state index is 12.8. The second kappa shape index (κ2) is 7.45. The fourth-order valence-corrected chi connectivity index (χ4v) is 3.18. The summed E-state index contributed by atoms with van der Waals surface area (Å²) in [7, 11) is 0. The van der Waals surface area contributed by atoms with Crippen molar-refractivity contribution >= 4 is 17.5 Å². The summed E-state index contributed by atoms with van der Waals surface area (Å²) in [6, 6.07) is 7.39. The molecule has 2 heterocycles. The molecule has 7 heteroatoms. The van der Waals surface area contributed by atoms with E-state index in [0.717, 1.165) is 17.8 Å². The van der Waals surface area contributed by atoms with Gasteiger partial charge in [0, 0.05) is 23.8 Å². The van der Waals surface area contributed by atoms with Gasteiger partial charge in [0.1, 0.15) is 5.75 Å². The van der Waals surface area contributed by atoms with E-state index in [1.165, 1.54) is 0 Å². The van der Waals surface area contributed by atoms with Crippen LogP contribution in [-0.4, -0.2) is 46.8 Å². The van der Waals surface area contributed by atoms with Crippen LogP contribution in [0, 0.1) is 13.8 Å². The molecule has 0 aliphatic carbocycles. The quantitative estimate of drug-likeness (QED) is 0.801. The lowest BCUT2D eigenvalue weighted by molar-refractivity contribution is 0.0493. The highest BCUT2D eigenvalue weighted by Crippen LogP contribution is 2.29. The molecular weight excluding hydrogens is 340 g/mol. The first-order valence-electron chi connectivity index (χ1n) is 8.44. The average Bonchev–Trinajstić information content (AvgIpc) is 2.84. The Kier molecular flexibility index (Phi) is 5.30. The van der Waals surface area contributed by atoms with E-state index in [4.69, 9.17) is 22.1 Å². The number of nitrogens with two attached hydrogens (primary N) is 1. The Hall–Kier alpha value is -2.05. The minimum Gasteiger partial charge on any atom is -0.493 e. The molecule has 0 saturated carbocycles. The summed E-state index contributed by atoms with van der Waals surface area (Å²) in [5, 5.41) is 5.05. The summed E-state index contributed by atoms with van der Waals surface area (Å²) in [4.78, 5) is 14.6. The molecule has 0 spiro atoms. The zero-order valence-corrected chi connectivity index (χ0v) is 15.3. The van der Waals surface area contributed by atoms with Gasteiger partial charge in [-0.15, -0.1) is 0 Å². The lowest BCUT2D eigenvalue weighted by Gasteiger charge is -2.40. The number of carbonyl (C=O) groups is 1. The van der Waals surface area contributed by atoms with Crippen molar-refractivity contribution in [1.29, 1.82) is 0 Å². The normalized spacial score (nSPS) is 14.5. The Balaban J connectivity index is 1.69. The number of nitrogens with zero attached hydrogens (tertiary/aromatic N) is 3. The van der Waals surface area contributed by atoms with E-state index in [0.29, 0.717) is 42.6 Å². The zero-order valence-electron chi connectivity index (χ0n) is 14.5. The van der Waals surface area contributed by atoms with E-state index in [1.54, 1.807) is 23.1 Å². The largest absolute Gasteiger partial charge is 0.493 e. The maximum Gasteiger partial charge on any atom is 0.257 e. The first-order chi connectivity index (χ1) is 12.0. The van der Waals surface area contributed by atoms with Gasteiger partial charge in [-0.05, 0) is 51.1 Å². The van der Waals surface area contributed by atoms with Crippen LogP contribution in [0.25, 0.3) is 0 Å². The van der Waals surface area contributed by atoms with Crippen LogP contribution in [0.2, 0.25) is 5.02 Å². The molecule has 1 aliphatic heterocycles. The van der Waals surface area contributed by atoms with Gasteiger partial charge in [-0.1, -0.05) is 11.6 Å².